The van der Waals surface area contributed by atoms with Crippen molar-refractivity contribution in [3.8, 4) is 0 Å². The highest BCUT2D eigenvalue weighted by molar-refractivity contribution is 9.10. The Morgan fingerprint density at radius 3 is 2.72 bits per heavy atom. The standard InChI is InChI=1S/C12H23BrN4O/c1-5-7-17-10(9(13)8-15-17)11(16-14)12(3,6-2)18-4/h8,11,16H,5-7,14H2,1-4H3. The molecule has 1 aromatic heterocycles. The monoisotopic (exact) mass is 318 g/mol. The molecule has 0 radical (unpaired) electrons. The van der Waals surface area contributed by atoms with E-state index in [1.54, 1.807) is 13.3 Å². The number of hydrazine groups is 1. The Kier molecular flexibility index (Phi) is 5.78. The minimum absolute atomic E-state index is 0.115. The lowest BCUT2D eigenvalue weighted by atomic mass is 9.91. The number of halogens is 1. The van der Waals surface area contributed by atoms with Crippen molar-refractivity contribution in [2.24, 2.45) is 5.84 Å². The minimum atomic E-state index is -0.372. The van der Waals surface area contributed by atoms with Crippen molar-refractivity contribution in [2.45, 2.75) is 51.8 Å². The van der Waals surface area contributed by atoms with Gasteiger partial charge in [0.25, 0.3) is 0 Å². The minimum Gasteiger partial charge on any atom is -0.376 e. The zero-order valence-electron chi connectivity index (χ0n) is 11.5. The fourth-order valence-corrected chi connectivity index (χ4v) is 2.58. The lowest BCUT2D eigenvalue weighted by Gasteiger charge is -2.35. The molecule has 2 unspecified atom stereocenters. The van der Waals surface area contributed by atoms with Gasteiger partial charge in [-0.05, 0) is 35.7 Å². The summed E-state index contributed by atoms with van der Waals surface area (Å²) in [4.78, 5) is 0. The van der Waals surface area contributed by atoms with Crippen LogP contribution < -0.4 is 11.3 Å². The van der Waals surface area contributed by atoms with E-state index in [1.165, 1.54) is 0 Å². The number of methoxy groups -OCH3 is 1. The molecule has 0 saturated heterocycles. The number of hydrogen-bond acceptors (Lipinski definition) is 4. The molecule has 1 aromatic rings. The van der Waals surface area contributed by atoms with Crippen molar-refractivity contribution in [1.82, 2.24) is 15.2 Å². The van der Waals surface area contributed by atoms with Gasteiger partial charge in [-0.1, -0.05) is 13.8 Å². The molecule has 1 heterocycles. The number of nitrogens with two attached hydrogens (primary N) is 1. The van der Waals surface area contributed by atoms with Crippen molar-refractivity contribution in [3.63, 3.8) is 0 Å². The number of rotatable bonds is 7. The normalized spacial score (nSPS) is 16.6. The van der Waals surface area contributed by atoms with Crippen molar-refractivity contribution < 1.29 is 4.74 Å². The van der Waals surface area contributed by atoms with Gasteiger partial charge in [0, 0.05) is 13.7 Å². The molecule has 18 heavy (non-hydrogen) atoms. The van der Waals surface area contributed by atoms with Gasteiger partial charge < -0.3 is 4.74 Å². The van der Waals surface area contributed by atoms with E-state index in [4.69, 9.17) is 10.6 Å². The fourth-order valence-electron chi connectivity index (χ4n) is 2.06. The Hall–Kier alpha value is -0.430. The van der Waals surface area contributed by atoms with E-state index in [0.29, 0.717) is 0 Å². The molecule has 1 rings (SSSR count). The first-order valence-corrected chi connectivity index (χ1v) is 7.05. The van der Waals surface area contributed by atoms with Gasteiger partial charge in [-0.15, -0.1) is 0 Å². The van der Waals surface area contributed by atoms with Gasteiger partial charge in [0.1, 0.15) is 0 Å². The van der Waals surface area contributed by atoms with Gasteiger partial charge in [-0.25, -0.2) is 5.43 Å². The van der Waals surface area contributed by atoms with Gasteiger partial charge in [0.05, 0.1) is 28.0 Å². The summed E-state index contributed by atoms with van der Waals surface area (Å²) < 4.78 is 8.58. The topological polar surface area (TPSA) is 65.1 Å². The maximum absolute atomic E-state index is 5.74. The van der Waals surface area contributed by atoms with Crippen molar-refractivity contribution in [1.29, 1.82) is 0 Å². The zero-order chi connectivity index (χ0) is 13.8. The molecule has 0 fully saturated rings. The Labute approximate surface area is 117 Å². The second-order valence-corrected chi connectivity index (χ2v) is 5.43. The van der Waals surface area contributed by atoms with Crippen LogP contribution >= 0.6 is 15.9 Å². The van der Waals surface area contributed by atoms with E-state index < -0.39 is 0 Å². The van der Waals surface area contributed by atoms with Gasteiger partial charge in [-0.2, -0.15) is 5.10 Å². The van der Waals surface area contributed by atoms with Crippen LogP contribution in [0.1, 0.15) is 45.3 Å². The number of hydrogen-bond donors (Lipinski definition) is 2. The van der Waals surface area contributed by atoms with Gasteiger partial charge in [0.2, 0.25) is 0 Å². The van der Waals surface area contributed by atoms with Gasteiger partial charge in [0.15, 0.2) is 0 Å². The molecule has 0 amide bonds. The molecule has 0 aliphatic heterocycles. The first kappa shape index (κ1) is 15.6. The summed E-state index contributed by atoms with van der Waals surface area (Å²) in [6.07, 6.45) is 3.68. The molecular formula is C12H23BrN4O. The number of nitrogens with zero attached hydrogens (tertiary/aromatic N) is 2. The van der Waals surface area contributed by atoms with Crippen LogP contribution in [0.3, 0.4) is 0 Å². The quantitative estimate of drug-likeness (QED) is 0.598. The maximum atomic E-state index is 5.74. The molecule has 0 spiro atoms. The Morgan fingerprint density at radius 1 is 1.61 bits per heavy atom. The van der Waals surface area contributed by atoms with Gasteiger partial charge >= 0.3 is 0 Å². The molecule has 5 nitrogen and oxygen atoms in total. The number of aromatic nitrogens is 2. The summed E-state index contributed by atoms with van der Waals surface area (Å²) in [6, 6.07) is -0.115. The molecule has 0 aliphatic carbocycles. The Balaban J connectivity index is 3.19. The molecule has 0 saturated carbocycles. The third-order valence-corrected chi connectivity index (χ3v) is 4.10. The fraction of sp³-hybridized carbons (Fsp3) is 0.750. The van der Waals surface area contributed by atoms with Crippen LogP contribution in [-0.4, -0.2) is 22.5 Å². The second kappa shape index (κ2) is 6.65. The van der Waals surface area contributed by atoms with Crippen LogP contribution in [0.5, 0.6) is 0 Å². The smallest absolute Gasteiger partial charge is 0.0926 e. The van der Waals surface area contributed by atoms with E-state index in [0.717, 1.165) is 29.6 Å². The number of nitrogens with one attached hydrogen (secondary N) is 1. The highest BCUT2D eigenvalue weighted by Crippen LogP contribution is 2.34. The first-order valence-electron chi connectivity index (χ1n) is 6.26. The summed E-state index contributed by atoms with van der Waals surface area (Å²) in [5.74, 6) is 5.74. The van der Waals surface area contributed by atoms with Crippen LogP contribution in [0, 0.1) is 0 Å². The predicted octanol–water partition coefficient (Wildman–Crippen LogP) is 2.38. The van der Waals surface area contributed by atoms with E-state index in [1.807, 2.05) is 11.6 Å². The number of aryl methyl sites for hydroxylation is 1. The lowest BCUT2D eigenvalue weighted by Crippen LogP contribution is -2.46. The zero-order valence-corrected chi connectivity index (χ0v) is 13.1. The van der Waals surface area contributed by atoms with Gasteiger partial charge in [-0.3, -0.25) is 10.5 Å². The summed E-state index contributed by atoms with van der Waals surface area (Å²) >= 11 is 3.54. The number of ether oxygens (including phenoxy) is 1. The van der Waals surface area contributed by atoms with Crippen LogP contribution in [0.2, 0.25) is 0 Å². The molecule has 3 N–H and O–H groups in total. The van der Waals surface area contributed by atoms with Crippen LogP contribution in [0.15, 0.2) is 10.7 Å². The molecule has 2 atom stereocenters. The predicted molar refractivity (Wildman–Crippen MR) is 76.0 cm³/mol. The summed E-state index contributed by atoms with van der Waals surface area (Å²) in [7, 11) is 1.71. The third-order valence-electron chi connectivity index (χ3n) is 3.49. The summed E-state index contributed by atoms with van der Waals surface area (Å²) in [5.41, 5.74) is 3.53. The average Bonchev–Trinajstić information content (AvgIpc) is 2.73. The Bertz CT molecular complexity index is 376. The highest BCUT2D eigenvalue weighted by Gasteiger charge is 2.36. The summed E-state index contributed by atoms with van der Waals surface area (Å²) in [6.45, 7) is 7.12. The van der Waals surface area contributed by atoms with E-state index in [2.05, 4.69) is 40.3 Å². The second-order valence-electron chi connectivity index (χ2n) is 4.57. The average molecular weight is 319 g/mol. The molecule has 0 bridgehead atoms. The first-order chi connectivity index (χ1) is 8.53. The lowest BCUT2D eigenvalue weighted by molar-refractivity contribution is -0.0325. The molecule has 104 valence electrons. The largest absolute Gasteiger partial charge is 0.376 e. The molecular weight excluding hydrogens is 296 g/mol. The van der Waals surface area contributed by atoms with Crippen molar-refractivity contribution in [3.05, 3.63) is 16.4 Å². The van der Waals surface area contributed by atoms with Crippen LogP contribution in [0.25, 0.3) is 0 Å². The molecule has 0 aromatic carbocycles. The summed E-state index contributed by atoms with van der Waals surface area (Å²) in [5, 5.41) is 4.38. The van der Waals surface area contributed by atoms with E-state index >= 15 is 0 Å². The molecule has 0 aliphatic rings. The van der Waals surface area contributed by atoms with Crippen LogP contribution in [0.4, 0.5) is 0 Å². The molecule has 6 heteroatoms. The Morgan fingerprint density at radius 2 is 2.28 bits per heavy atom. The van der Waals surface area contributed by atoms with Crippen LogP contribution in [-0.2, 0) is 11.3 Å². The van der Waals surface area contributed by atoms with Crippen molar-refractivity contribution in [2.75, 3.05) is 7.11 Å². The highest BCUT2D eigenvalue weighted by atomic mass is 79.9. The van der Waals surface area contributed by atoms with E-state index in [-0.39, 0.29) is 11.6 Å². The van der Waals surface area contributed by atoms with Crippen molar-refractivity contribution >= 4 is 15.9 Å². The maximum Gasteiger partial charge on any atom is 0.0926 e. The van der Waals surface area contributed by atoms with E-state index in [9.17, 15) is 0 Å². The third kappa shape index (κ3) is 2.93. The SMILES string of the molecule is CCCn1ncc(Br)c1C(NN)C(C)(CC)OC.